The van der Waals surface area contributed by atoms with Gasteiger partial charge in [-0.1, -0.05) is 0 Å². The van der Waals surface area contributed by atoms with Crippen LogP contribution in [0.1, 0.15) is 11.3 Å². The zero-order valence-corrected chi connectivity index (χ0v) is 15.0. The van der Waals surface area contributed by atoms with Crippen LogP contribution in [0.2, 0.25) is 0 Å². The highest BCUT2D eigenvalue weighted by molar-refractivity contribution is 5.59. The molecule has 0 spiro atoms. The highest BCUT2D eigenvalue weighted by atomic mass is 15.3. The molecule has 1 N–H and O–H groups in total. The lowest BCUT2D eigenvalue weighted by Gasteiger charge is -2.37. The van der Waals surface area contributed by atoms with Crippen molar-refractivity contribution in [3.05, 3.63) is 35.8 Å². The van der Waals surface area contributed by atoms with Gasteiger partial charge in [0.2, 0.25) is 0 Å². The number of hydrogen-bond donors (Lipinski definition) is 1. The van der Waals surface area contributed by atoms with Crippen LogP contribution < -0.4 is 5.32 Å². The Balaban J connectivity index is 1.79. The summed E-state index contributed by atoms with van der Waals surface area (Å²) in [5, 5.41) is 3.55. The van der Waals surface area contributed by atoms with E-state index < -0.39 is 0 Å². The summed E-state index contributed by atoms with van der Waals surface area (Å²) < 4.78 is 0. The van der Waals surface area contributed by atoms with E-state index in [0.29, 0.717) is 6.04 Å². The molecule has 0 saturated carbocycles. The first-order chi connectivity index (χ1) is 11.5. The minimum Gasteiger partial charge on any atom is -0.368 e. The average molecular weight is 326 g/mol. The minimum absolute atomic E-state index is 0.489. The number of piperazine rings is 1. The van der Waals surface area contributed by atoms with Crippen molar-refractivity contribution in [2.24, 2.45) is 0 Å². The van der Waals surface area contributed by atoms with Crippen LogP contribution in [0.4, 0.5) is 5.82 Å². The van der Waals surface area contributed by atoms with Crippen LogP contribution in [-0.4, -0.2) is 71.1 Å². The van der Waals surface area contributed by atoms with E-state index in [9.17, 15) is 0 Å². The number of aryl methyl sites for hydroxylation is 1. The molecule has 1 aliphatic heterocycles. The molecule has 0 aromatic carbocycles. The van der Waals surface area contributed by atoms with E-state index in [-0.39, 0.29) is 0 Å². The summed E-state index contributed by atoms with van der Waals surface area (Å²) in [4.78, 5) is 18.2. The molecule has 1 fully saturated rings. The topological polar surface area (TPSA) is 57.2 Å². The maximum atomic E-state index is 4.75. The van der Waals surface area contributed by atoms with Crippen molar-refractivity contribution in [2.45, 2.75) is 19.9 Å². The van der Waals surface area contributed by atoms with Crippen molar-refractivity contribution in [2.75, 3.05) is 45.6 Å². The molecule has 1 atom stereocenters. The molecule has 6 heteroatoms. The first-order valence-electron chi connectivity index (χ1n) is 8.43. The van der Waals surface area contributed by atoms with Crippen molar-refractivity contribution in [3.8, 4) is 11.4 Å². The fourth-order valence-electron chi connectivity index (χ4n) is 2.97. The largest absolute Gasteiger partial charge is 0.368 e. The molecule has 3 rings (SSSR count). The third-order valence-corrected chi connectivity index (χ3v) is 4.81. The molecule has 0 bridgehead atoms. The van der Waals surface area contributed by atoms with Crippen LogP contribution in [0.15, 0.2) is 24.5 Å². The number of likely N-dealkylation sites (N-methyl/N-ethyl adjacent to an activating group) is 2. The lowest BCUT2D eigenvalue weighted by molar-refractivity contribution is 0.122. The summed E-state index contributed by atoms with van der Waals surface area (Å²) in [6.45, 7) is 8.30. The Hall–Kier alpha value is -2.05. The van der Waals surface area contributed by atoms with Crippen LogP contribution in [0, 0.1) is 13.8 Å². The first-order valence-corrected chi connectivity index (χ1v) is 8.43. The van der Waals surface area contributed by atoms with Crippen molar-refractivity contribution in [1.82, 2.24) is 24.8 Å². The highest BCUT2D eigenvalue weighted by Crippen LogP contribution is 2.21. The first kappa shape index (κ1) is 16.8. The molecule has 6 nitrogen and oxygen atoms in total. The van der Waals surface area contributed by atoms with E-state index in [2.05, 4.69) is 46.1 Å². The van der Waals surface area contributed by atoms with Crippen LogP contribution in [0.5, 0.6) is 0 Å². The molecule has 2 aromatic heterocycles. The summed E-state index contributed by atoms with van der Waals surface area (Å²) in [5.41, 5.74) is 3.11. The number of hydrogen-bond acceptors (Lipinski definition) is 6. The number of pyridine rings is 1. The summed E-state index contributed by atoms with van der Waals surface area (Å²) >= 11 is 0. The van der Waals surface area contributed by atoms with E-state index in [1.54, 1.807) is 12.4 Å². The lowest BCUT2D eigenvalue weighted by atomic mass is 10.1. The minimum atomic E-state index is 0.489. The molecule has 1 aliphatic rings. The van der Waals surface area contributed by atoms with Crippen molar-refractivity contribution in [1.29, 1.82) is 0 Å². The zero-order chi connectivity index (χ0) is 17.1. The van der Waals surface area contributed by atoms with Gasteiger partial charge in [0.05, 0.1) is 0 Å². The predicted octanol–water partition coefficient (Wildman–Crippen LogP) is 1.81. The fraction of sp³-hybridized carbons (Fsp3) is 0.500. The Labute approximate surface area is 143 Å². The van der Waals surface area contributed by atoms with Gasteiger partial charge in [-0.2, -0.15) is 0 Å². The lowest BCUT2D eigenvalue weighted by Crippen LogP contribution is -2.52. The number of aromatic nitrogens is 3. The van der Waals surface area contributed by atoms with Crippen molar-refractivity contribution in [3.63, 3.8) is 0 Å². The zero-order valence-electron chi connectivity index (χ0n) is 15.0. The summed E-state index contributed by atoms with van der Waals surface area (Å²) in [7, 11) is 4.38. The smallest absolute Gasteiger partial charge is 0.161 e. The van der Waals surface area contributed by atoms with E-state index in [0.717, 1.165) is 54.6 Å². The van der Waals surface area contributed by atoms with Crippen molar-refractivity contribution < 1.29 is 0 Å². The Bertz CT molecular complexity index is 687. The average Bonchev–Trinajstić information content (AvgIpc) is 2.59. The van der Waals surface area contributed by atoms with Crippen LogP contribution >= 0.6 is 0 Å². The number of nitrogens with zero attached hydrogens (tertiary/aromatic N) is 5. The van der Waals surface area contributed by atoms with Gasteiger partial charge in [-0.05, 0) is 40.1 Å². The molecule has 1 saturated heterocycles. The normalized spacial score (nSPS) is 19.4. The Morgan fingerprint density at radius 2 is 1.88 bits per heavy atom. The van der Waals surface area contributed by atoms with E-state index >= 15 is 0 Å². The second-order valence-corrected chi connectivity index (χ2v) is 6.62. The van der Waals surface area contributed by atoms with Gasteiger partial charge in [0.15, 0.2) is 5.82 Å². The molecule has 0 aliphatic carbocycles. The fourth-order valence-corrected chi connectivity index (χ4v) is 2.97. The maximum absolute atomic E-state index is 4.75. The van der Waals surface area contributed by atoms with Crippen LogP contribution in [0.3, 0.4) is 0 Å². The van der Waals surface area contributed by atoms with E-state index in [1.807, 2.05) is 19.1 Å². The van der Waals surface area contributed by atoms with Gasteiger partial charge in [0, 0.05) is 61.4 Å². The van der Waals surface area contributed by atoms with E-state index in [1.165, 1.54) is 0 Å². The van der Waals surface area contributed by atoms with Crippen LogP contribution in [-0.2, 0) is 0 Å². The third-order valence-electron chi connectivity index (χ3n) is 4.81. The summed E-state index contributed by atoms with van der Waals surface area (Å²) in [5.74, 6) is 1.67. The third kappa shape index (κ3) is 3.71. The number of nitrogens with one attached hydrogen (secondary N) is 1. The molecule has 0 radical (unpaired) electrons. The van der Waals surface area contributed by atoms with Gasteiger partial charge < -0.3 is 10.2 Å². The molecular weight excluding hydrogens is 300 g/mol. The van der Waals surface area contributed by atoms with E-state index in [4.69, 9.17) is 4.98 Å². The Morgan fingerprint density at radius 3 is 2.62 bits per heavy atom. The quantitative estimate of drug-likeness (QED) is 0.925. The molecule has 128 valence electrons. The molecule has 0 amide bonds. The summed E-state index contributed by atoms with van der Waals surface area (Å²) in [6.07, 6.45) is 3.54. The van der Waals surface area contributed by atoms with Gasteiger partial charge in [0.1, 0.15) is 5.82 Å². The summed E-state index contributed by atoms with van der Waals surface area (Å²) in [6, 6.07) is 4.37. The monoisotopic (exact) mass is 326 g/mol. The Morgan fingerprint density at radius 1 is 1.12 bits per heavy atom. The van der Waals surface area contributed by atoms with Gasteiger partial charge in [0.25, 0.3) is 0 Å². The molecule has 24 heavy (non-hydrogen) atoms. The standard InChI is InChI=1S/C18H26N6/c1-13-14(2)21-18(15-5-7-19-8-6-15)22-17(13)20-11-16-12-23(3)9-10-24(16)4/h5-8,16H,9-12H2,1-4H3,(H,20,21,22). The number of rotatable bonds is 4. The second kappa shape index (κ2) is 7.23. The molecule has 3 heterocycles. The predicted molar refractivity (Wildman–Crippen MR) is 97.1 cm³/mol. The van der Waals surface area contributed by atoms with Gasteiger partial charge >= 0.3 is 0 Å². The van der Waals surface area contributed by atoms with Crippen LogP contribution in [0.25, 0.3) is 11.4 Å². The number of anilines is 1. The van der Waals surface area contributed by atoms with Crippen molar-refractivity contribution >= 4 is 5.82 Å². The molecular formula is C18H26N6. The molecule has 1 unspecified atom stereocenters. The second-order valence-electron chi connectivity index (χ2n) is 6.62. The Kier molecular flexibility index (Phi) is 5.06. The SMILES string of the molecule is Cc1nc(-c2ccncc2)nc(NCC2CN(C)CCN2C)c1C. The maximum Gasteiger partial charge on any atom is 0.161 e. The van der Waals surface area contributed by atoms with Gasteiger partial charge in [-0.3, -0.25) is 9.88 Å². The highest BCUT2D eigenvalue weighted by Gasteiger charge is 2.22. The van der Waals surface area contributed by atoms with Gasteiger partial charge in [-0.15, -0.1) is 0 Å². The molecule has 2 aromatic rings. The van der Waals surface area contributed by atoms with Gasteiger partial charge in [-0.25, -0.2) is 9.97 Å².